The van der Waals surface area contributed by atoms with Crippen LogP contribution in [0.15, 0.2) is 55.1 Å². The van der Waals surface area contributed by atoms with Crippen molar-refractivity contribution < 1.29 is 4.74 Å². The number of likely N-dealkylation sites (N-methyl/N-ethyl adjacent to an activating group) is 1. The summed E-state index contributed by atoms with van der Waals surface area (Å²) in [5.74, 6) is 0.884. The molecule has 9 nitrogen and oxygen atoms in total. The molecule has 2 aliphatic rings. The number of nitrogens with zero attached hydrogens (tertiary/aromatic N) is 5. The molecule has 2 fully saturated rings. The molecule has 2 atom stereocenters. The average Bonchev–Trinajstić information content (AvgIpc) is 3.41. The third kappa shape index (κ3) is 5.26. The molecular formula is C25H34N8O. The number of hydrogen-bond acceptors (Lipinski definition) is 8. The second-order valence-corrected chi connectivity index (χ2v) is 9.11. The molecule has 180 valence electrons. The molecule has 3 N–H and O–H groups in total. The van der Waals surface area contributed by atoms with E-state index in [1.165, 1.54) is 5.69 Å². The predicted molar refractivity (Wildman–Crippen MR) is 136 cm³/mol. The zero-order valence-corrected chi connectivity index (χ0v) is 19.9. The van der Waals surface area contributed by atoms with Gasteiger partial charge >= 0.3 is 0 Å². The highest BCUT2D eigenvalue weighted by molar-refractivity contribution is 5.65. The van der Waals surface area contributed by atoms with Crippen molar-refractivity contribution in [1.82, 2.24) is 25.0 Å². The Bertz CT molecular complexity index is 1060. The van der Waals surface area contributed by atoms with Gasteiger partial charge < -0.3 is 25.2 Å². The van der Waals surface area contributed by atoms with E-state index in [9.17, 15) is 0 Å². The molecule has 0 spiro atoms. The smallest absolute Gasteiger partial charge is 0.144 e. The molecule has 2 aromatic carbocycles. The summed E-state index contributed by atoms with van der Waals surface area (Å²) in [6.45, 7) is 5.21. The van der Waals surface area contributed by atoms with Crippen LogP contribution >= 0.6 is 0 Å². The van der Waals surface area contributed by atoms with Gasteiger partial charge in [0.1, 0.15) is 18.4 Å². The van der Waals surface area contributed by atoms with Crippen molar-refractivity contribution in [2.24, 2.45) is 0 Å². The maximum absolute atomic E-state index is 5.76. The molecule has 0 aliphatic carbocycles. The van der Waals surface area contributed by atoms with Gasteiger partial charge in [-0.1, -0.05) is 6.07 Å². The molecule has 0 amide bonds. The van der Waals surface area contributed by atoms with Crippen LogP contribution < -0.4 is 25.6 Å². The van der Waals surface area contributed by atoms with Gasteiger partial charge in [-0.05, 0) is 50.3 Å². The summed E-state index contributed by atoms with van der Waals surface area (Å²) in [5.41, 5.74) is 4.39. The largest absolute Gasteiger partial charge is 0.495 e. The van der Waals surface area contributed by atoms with Crippen LogP contribution in [-0.4, -0.2) is 78.8 Å². The molecule has 0 radical (unpaired) electrons. The van der Waals surface area contributed by atoms with Crippen LogP contribution in [0.2, 0.25) is 0 Å². The third-order valence-electron chi connectivity index (χ3n) is 6.72. The first kappa shape index (κ1) is 22.5. The highest BCUT2D eigenvalue weighted by atomic mass is 16.5. The Hall–Kier alpha value is -3.30. The fourth-order valence-corrected chi connectivity index (χ4v) is 4.73. The Morgan fingerprint density at radius 2 is 1.79 bits per heavy atom. The minimum Gasteiger partial charge on any atom is -0.495 e. The molecule has 3 aromatic rings. The molecular weight excluding hydrogens is 428 g/mol. The second-order valence-electron chi connectivity index (χ2n) is 9.11. The summed E-state index contributed by atoms with van der Waals surface area (Å²) in [7, 11) is 3.92. The van der Waals surface area contributed by atoms with Gasteiger partial charge in [0.2, 0.25) is 0 Å². The van der Waals surface area contributed by atoms with Crippen molar-refractivity contribution in [1.29, 1.82) is 0 Å². The molecule has 2 unspecified atom stereocenters. The van der Waals surface area contributed by atoms with E-state index in [0.717, 1.165) is 68.4 Å². The zero-order valence-electron chi connectivity index (χ0n) is 19.9. The standard InChI is InChI=1S/C25H34N8O/c1-31-10-12-32(13-11-31)22-6-7-23(24(16-22)34-2)30-25-15-20(8-9-26-25)29-19-4-3-5-21(14-19)33-17-27-28-18-33/h3-7,14,16-18,20,25-26,29-30H,8-13,15H2,1-2H3. The molecule has 2 saturated heterocycles. The van der Waals surface area contributed by atoms with E-state index in [1.807, 2.05) is 4.57 Å². The van der Waals surface area contributed by atoms with E-state index in [1.54, 1.807) is 19.8 Å². The number of nitrogens with one attached hydrogen (secondary N) is 3. The van der Waals surface area contributed by atoms with Gasteiger partial charge in [-0.2, -0.15) is 0 Å². The van der Waals surface area contributed by atoms with Crippen molar-refractivity contribution in [3.63, 3.8) is 0 Å². The monoisotopic (exact) mass is 462 g/mol. The first-order valence-electron chi connectivity index (χ1n) is 12.0. The van der Waals surface area contributed by atoms with Crippen LogP contribution in [0, 0.1) is 0 Å². The highest BCUT2D eigenvalue weighted by Gasteiger charge is 2.23. The first-order chi connectivity index (χ1) is 16.7. The summed E-state index contributed by atoms with van der Waals surface area (Å²) in [5, 5.41) is 18.8. The fraction of sp³-hybridized carbons (Fsp3) is 0.440. The van der Waals surface area contributed by atoms with Gasteiger partial charge in [0, 0.05) is 56.1 Å². The number of methoxy groups -OCH3 is 1. The number of piperazine rings is 1. The van der Waals surface area contributed by atoms with Crippen LogP contribution in [0.3, 0.4) is 0 Å². The van der Waals surface area contributed by atoms with E-state index in [2.05, 4.69) is 85.5 Å². The fourth-order valence-electron chi connectivity index (χ4n) is 4.73. The second kappa shape index (κ2) is 10.3. The van der Waals surface area contributed by atoms with Crippen LogP contribution in [0.25, 0.3) is 5.69 Å². The lowest BCUT2D eigenvalue weighted by molar-refractivity contribution is 0.312. The Morgan fingerprint density at radius 1 is 0.971 bits per heavy atom. The lowest BCUT2D eigenvalue weighted by atomic mass is 10.0. The van der Waals surface area contributed by atoms with Crippen LogP contribution in [0.5, 0.6) is 5.75 Å². The van der Waals surface area contributed by atoms with E-state index >= 15 is 0 Å². The quantitative estimate of drug-likeness (QED) is 0.494. The van der Waals surface area contributed by atoms with Gasteiger partial charge in [0.25, 0.3) is 0 Å². The Kier molecular flexibility index (Phi) is 6.82. The van der Waals surface area contributed by atoms with E-state index < -0.39 is 0 Å². The molecule has 34 heavy (non-hydrogen) atoms. The summed E-state index contributed by atoms with van der Waals surface area (Å²) in [4.78, 5) is 4.80. The van der Waals surface area contributed by atoms with Crippen molar-refractivity contribution in [2.75, 3.05) is 62.4 Å². The van der Waals surface area contributed by atoms with Crippen LogP contribution in [0.4, 0.5) is 17.1 Å². The van der Waals surface area contributed by atoms with Gasteiger partial charge in [0.15, 0.2) is 0 Å². The minimum atomic E-state index is 0.163. The van der Waals surface area contributed by atoms with E-state index in [4.69, 9.17) is 4.74 Å². The SMILES string of the molecule is COc1cc(N2CCN(C)CC2)ccc1NC1CC(Nc2cccc(-n3cnnc3)c2)CCN1. The van der Waals surface area contributed by atoms with Gasteiger partial charge in [-0.15, -0.1) is 10.2 Å². The Labute approximate surface area is 201 Å². The number of anilines is 3. The number of piperidine rings is 1. The normalized spacial score (nSPS) is 21.3. The maximum Gasteiger partial charge on any atom is 0.144 e. The van der Waals surface area contributed by atoms with Gasteiger partial charge in [0.05, 0.1) is 24.7 Å². The summed E-state index contributed by atoms with van der Waals surface area (Å²) in [6.07, 6.45) is 5.61. The number of rotatable bonds is 7. The summed E-state index contributed by atoms with van der Waals surface area (Å²) in [6, 6.07) is 15.2. The third-order valence-corrected chi connectivity index (χ3v) is 6.72. The first-order valence-corrected chi connectivity index (χ1v) is 12.0. The molecule has 3 heterocycles. The average molecular weight is 463 g/mol. The van der Waals surface area contributed by atoms with Crippen molar-refractivity contribution in [3.05, 3.63) is 55.1 Å². The van der Waals surface area contributed by atoms with Crippen molar-refractivity contribution >= 4 is 17.1 Å². The lowest BCUT2D eigenvalue weighted by Gasteiger charge is -2.35. The summed E-state index contributed by atoms with van der Waals surface area (Å²) >= 11 is 0. The predicted octanol–water partition coefficient (Wildman–Crippen LogP) is 2.63. The molecule has 1 aromatic heterocycles. The Balaban J connectivity index is 1.22. The number of aromatic nitrogens is 3. The van der Waals surface area contributed by atoms with Gasteiger partial charge in [-0.3, -0.25) is 9.88 Å². The van der Waals surface area contributed by atoms with Crippen LogP contribution in [-0.2, 0) is 0 Å². The lowest BCUT2D eigenvalue weighted by Crippen LogP contribution is -2.47. The molecule has 2 aliphatic heterocycles. The maximum atomic E-state index is 5.76. The van der Waals surface area contributed by atoms with Crippen LogP contribution in [0.1, 0.15) is 12.8 Å². The zero-order chi connectivity index (χ0) is 23.3. The Morgan fingerprint density at radius 3 is 2.59 bits per heavy atom. The summed E-state index contributed by atoms with van der Waals surface area (Å²) < 4.78 is 7.67. The topological polar surface area (TPSA) is 82.5 Å². The number of ether oxygens (including phenoxy) is 1. The number of hydrogen-bond donors (Lipinski definition) is 3. The van der Waals surface area contributed by atoms with Crippen molar-refractivity contribution in [3.8, 4) is 11.4 Å². The molecule has 0 bridgehead atoms. The highest BCUT2D eigenvalue weighted by Crippen LogP contribution is 2.31. The van der Waals surface area contributed by atoms with E-state index in [0.29, 0.717) is 6.04 Å². The van der Waals surface area contributed by atoms with Crippen molar-refractivity contribution in [2.45, 2.75) is 25.0 Å². The molecule has 0 saturated carbocycles. The van der Waals surface area contributed by atoms with Gasteiger partial charge in [-0.25, -0.2) is 0 Å². The minimum absolute atomic E-state index is 0.163. The molecule has 5 rings (SSSR count). The number of benzene rings is 2. The van der Waals surface area contributed by atoms with E-state index in [-0.39, 0.29) is 6.17 Å². The molecule has 9 heteroatoms.